The fraction of sp³-hybridized carbons (Fsp3) is 0.721. The van der Waals surface area contributed by atoms with Crippen LogP contribution < -0.4 is 32.4 Å². The molecule has 0 aliphatic carbocycles. The average molecular weight is 887 g/mol. The van der Waals surface area contributed by atoms with Crippen LogP contribution in [-0.2, 0) is 9.59 Å². The first-order valence-electron chi connectivity index (χ1n) is 21.1. The predicted octanol–water partition coefficient (Wildman–Crippen LogP) is 8.97. The van der Waals surface area contributed by atoms with E-state index in [1.165, 1.54) is 51.4 Å². The molecule has 0 radical (unpaired) electrons. The first-order valence-corrected chi connectivity index (χ1v) is 21.1. The van der Waals surface area contributed by atoms with Gasteiger partial charge in [-0.05, 0) is 94.1 Å². The molecule has 57 heavy (non-hydrogen) atoms. The summed E-state index contributed by atoms with van der Waals surface area (Å²) in [6.07, 6.45) is 19.4. The highest BCUT2D eigenvalue weighted by molar-refractivity contribution is 5.89. The highest BCUT2D eigenvalue weighted by atomic mass is 35.5. The molecule has 0 unspecified atom stereocenters. The average Bonchev–Trinajstić information content (AvgIpc) is 3.17. The van der Waals surface area contributed by atoms with Crippen LogP contribution in [0, 0.1) is 0 Å². The highest BCUT2D eigenvalue weighted by Crippen LogP contribution is 2.29. The smallest absolute Gasteiger partial charge is 0.239 e. The van der Waals surface area contributed by atoms with E-state index in [1.807, 2.05) is 40.1 Å². The highest BCUT2D eigenvalue weighted by Gasteiger charge is 2.21. The Bertz CT molecular complexity index is 1270. The first-order chi connectivity index (χ1) is 25.9. The maximum atomic E-state index is 13.3. The van der Waals surface area contributed by atoms with Crippen LogP contribution in [0.25, 0.3) is 10.8 Å². The Kier molecular flexibility index (Phi) is 40.2. The van der Waals surface area contributed by atoms with Crippen LogP contribution >= 0.6 is 49.6 Å². The molecule has 0 aliphatic rings. The number of amides is 2. The van der Waals surface area contributed by atoms with Crippen LogP contribution in [0.2, 0.25) is 0 Å². The van der Waals surface area contributed by atoms with Crippen LogP contribution in [0.4, 0.5) is 0 Å². The van der Waals surface area contributed by atoms with Crippen molar-refractivity contribution in [3.05, 3.63) is 36.4 Å². The summed E-state index contributed by atoms with van der Waals surface area (Å²) in [6, 6.07) is 11.1. The summed E-state index contributed by atoms with van der Waals surface area (Å²) < 4.78 is 12.4. The molecule has 2 amide bonds. The van der Waals surface area contributed by atoms with E-state index >= 15 is 0 Å². The van der Waals surface area contributed by atoms with Gasteiger partial charge in [-0.2, -0.15) is 0 Å². The molecule has 2 atom stereocenters. The zero-order valence-corrected chi connectivity index (χ0v) is 38.4. The summed E-state index contributed by atoms with van der Waals surface area (Å²) in [5.74, 6) is 1.66. The first kappa shape index (κ1) is 59.6. The maximum Gasteiger partial charge on any atom is 0.239 e. The van der Waals surface area contributed by atoms with Gasteiger partial charge in [0.05, 0.1) is 25.3 Å². The Morgan fingerprint density at radius 2 is 1.04 bits per heavy atom. The summed E-state index contributed by atoms with van der Waals surface area (Å²) in [6.45, 7) is 9.34. The van der Waals surface area contributed by atoms with Crippen molar-refractivity contribution < 1.29 is 19.1 Å². The van der Waals surface area contributed by atoms with Gasteiger partial charge in [-0.25, -0.2) is 0 Å². The van der Waals surface area contributed by atoms with E-state index < -0.39 is 12.1 Å². The zero-order valence-electron chi connectivity index (χ0n) is 35.2. The molecule has 0 saturated carbocycles. The molecule has 0 fully saturated rings. The van der Waals surface area contributed by atoms with Crippen molar-refractivity contribution >= 4 is 72.2 Å². The monoisotopic (exact) mass is 884 g/mol. The molecule has 0 aliphatic heterocycles. The summed E-state index contributed by atoms with van der Waals surface area (Å²) >= 11 is 0. The Morgan fingerprint density at radius 1 is 0.561 bits per heavy atom. The van der Waals surface area contributed by atoms with Gasteiger partial charge >= 0.3 is 0 Å². The van der Waals surface area contributed by atoms with E-state index in [-0.39, 0.29) is 61.4 Å². The lowest BCUT2D eigenvalue weighted by atomic mass is 10.1. The third-order valence-corrected chi connectivity index (χ3v) is 9.99. The van der Waals surface area contributed by atoms with E-state index in [9.17, 15) is 9.59 Å². The molecule has 2 aromatic rings. The number of nitrogens with two attached hydrogens (primary N) is 4. The normalized spacial score (nSPS) is 11.6. The van der Waals surface area contributed by atoms with E-state index in [0.717, 1.165) is 93.1 Å². The van der Waals surface area contributed by atoms with Crippen LogP contribution in [0.15, 0.2) is 36.4 Å². The Hall–Kier alpha value is -1.76. The van der Waals surface area contributed by atoms with Crippen LogP contribution in [0.3, 0.4) is 0 Å². The second-order valence-electron chi connectivity index (χ2n) is 14.7. The zero-order chi connectivity index (χ0) is 38.5. The van der Waals surface area contributed by atoms with Crippen molar-refractivity contribution in [1.29, 1.82) is 0 Å². The van der Waals surface area contributed by atoms with Gasteiger partial charge in [0, 0.05) is 31.6 Å². The van der Waals surface area contributed by atoms with Gasteiger partial charge in [0.2, 0.25) is 11.8 Å². The van der Waals surface area contributed by atoms with Crippen molar-refractivity contribution in [2.24, 2.45) is 22.9 Å². The van der Waals surface area contributed by atoms with Crippen molar-refractivity contribution in [1.82, 2.24) is 9.80 Å². The van der Waals surface area contributed by atoms with Gasteiger partial charge in [-0.3, -0.25) is 9.59 Å². The number of ether oxygens (including phenoxy) is 2. The summed E-state index contributed by atoms with van der Waals surface area (Å²) in [5.41, 5.74) is 23.9. The number of rotatable bonds is 33. The van der Waals surface area contributed by atoms with Crippen molar-refractivity contribution in [2.45, 2.75) is 148 Å². The number of unbranched alkanes of at least 4 members (excludes halogenated alkanes) is 11. The molecule has 8 N–H and O–H groups in total. The van der Waals surface area contributed by atoms with Crippen molar-refractivity contribution in [2.75, 3.05) is 52.5 Å². The standard InChI is InChI=1S/C43H76N6O4.4ClH/c1-3-5-7-9-11-15-29-48(43(51)40(47)23-18-28-45)31-19-33-52-37-25-26-38-36(35-37)21-17-24-41(38)53-34-20-32-49(30-16-12-10-8-6-4-2)42(50)39(46)22-13-14-27-44;;;;/h17,21,24-26,35,39-40H,3-16,18-20,22-23,27-34,44-47H2,1-2H3;4*1H/t39-,40-;;;;/m0..../s1. The van der Waals surface area contributed by atoms with Gasteiger partial charge in [-0.1, -0.05) is 96.6 Å². The number of benzene rings is 2. The molecular weight excluding hydrogens is 806 g/mol. The number of carbonyl (C=O) groups excluding carboxylic acids is 2. The lowest BCUT2D eigenvalue weighted by Crippen LogP contribution is -2.45. The molecule has 0 heterocycles. The van der Waals surface area contributed by atoms with Crippen LogP contribution in [-0.4, -0.2) is 86.2 Å². The molecule has 2 aromatic carbocycles. The summed E-state index contributed by atoms with van der Waals surface area (Å²) in [5, 5.41) is 2.05. The second-order valence-corrected chi connectivity index (χ2v) is 14.7. The number of nitrogens with zero attached hydrogens (tertiary/aromatic N) is 2. The van der Waals surface area contributed by atoms with Gasteiger partial charge in [-0.15, -0.1) is 49.6 Å². The quantitative estimate of drug-likeness (QED) is 0.0517. The lowest BCUT2D eigenvalue weighted by molar-refractivity contribution is -0.133. The number of carbonyl (C=O) groups is 2. The molecule has 334 valence electrons. The van der Waals surface area contributed by atoms with E-state index in [2.05, 4.69) is 19.9 Å². The molecule has 0 saturated heterocycles. The minimum Gasteiger partial charge on any atom is -0.494 e. The minimum atomic E-state index is -0.502. The van der Waals surface area contributed by atoms with Crippen molar-refractivity contribution in [3.63, 3.8) is 0 Å². The largest absolute Gasteiger partial charge is 0.494 e. The van der Waals surface area contributed by atoms with E-state index in [1.54, 1.807) is 0 Å². The topological polar surface area (TPSA) is 163 Å². The van der Waals surface area contributed by atoms with E-state index in [0.29, 0.717) is 52.2 Å². The minimum absolute atomic E-state index is 0. The van der Waals surface area contributed by atoms with Gasteiger partial charge in [0.15, 0.2) is 0 Å². The molecule has 0 spiro atoms. The van der Waals surface area contributed by atoms with E-state index in [4.69, 9.17) is 32.4 Å². The third-order valence-electron chi connectivity index (χ3n) is 9.99. The summed E-state index contributed by atoms with van der Waals surface area (Å²) in [4.78, 5) is 30.3. The molecule has 0 aromatic heterocycles. The van der Waals surface area contributed by atoms with Gasteiger partial charge in [0.1, 0.15) is 11.5 Å². The number of fused-ring (bicyclic) bond motifs is 1. The number of halogens is 4. The maximum absolute atomic E-state index is 13.3. The summed E-state index contributed by atoms with van der Waals surface area (Å²) in [7, 11) is 0. The SMILES string of the molecule is CCCCCCCCN(CCCOc1ccc2c(OCCCN(CCCCCCCC)C(=O)[C@@H](N)CCCCN)cccc2c1)C(=O)[C@@H](N)CCCN.Cl.Cl.Cl.Cl. The Morgan fingerprint density at radius 3 is 1.56 bits per heavy atom. The Labute approximate surface area is 370 Å². The van der Waals surface area contributed by atoms with Crippen molar-refractivity contribution in [3.8, 4) is 11.5 Å². The third kappa shape index (κ3) is 25.5. The number of hydrogen-bond donors (Lipinski definition) is 4. The predicted molar refractivity (Wildman–Crippen MR) is 250 cm³/mol. The number of hydrogen-bond acceptors (Lipinski definition) is 8. The molecule has 2 rings (SSSR count). The van der Waals surface area contributed by atoms with Gasteiger partial charge in [0.25, 0.3) is 0 Å². The Balaban J connectivity index is -0.00000729. The fourth-order valence-electron chi connectivity index (χ4n) is 6.72. The van der Waals surface area contributed by atoms with Crippen LogP contribution in [0.5, 0.6) is 11.5 Å². The molecular formula is C43H80Cl4N6O4. The fourth-order valence-corrected chi connectivity index (χ4v) is 6.72. The molecule has 10 nitrogen and oxygen atoms in total. The molecule has 0 bridgehead atoms. The van der Waals surface area contributed by atoms with Crippen LogP contribution in [0.1, 0.15) is 136 Å². The molecule has 14 heteroatoms. The van der Waals surface area contributed by atoms with Gasteiger partial charge < -0.3 is 42.2 Å². The second kappa shape index (κ2) is 38.4. The lowest BCUT2D eigenvalue weighted by Gasteiger charge is -2.26.